The van der Waals surface area contributed by atoms with Crippen LogP contribution >= 0.6 is 0 Å². The maximum atomic E-state index is 11.7. The summed E-state index contributed by atoms with van der Waals surface area (Å²) < 4.78 is 11.7. The summed E-state index contributed by atoms with van der Waals surface area (Å²) >= 11 is 0. The van der Waals surface area contributed by atoms with E-state index >= 15 is 0 Å². The fourth-order valence-electron chi connectivity index (χ4n) is 1.04. The molecule has 82 valence electrons. The Morgan fingerprint density at radius 3 is 2.60 bits per heavy atom. The molecule has 0 aliphatic carbocycles. The number of nitrogens with one attached hydrogen (secondary N) is 2. The molecule has 1 rings (SSSR count). The standard InChI is InChI=1S/C10H14N2O2S/c1-11-10(13)12-7-8-15(14)9-5-3-2-4-6-9/h2-6H,7-8H2,1H3,(H2,11,12,13). The smallest absolute Gasteiger partial charge is 0.314 e. The summed E-state index contributed by atoms with van der Waals surface area (Å²) in [5, 5.41) is 5.02. The number of carbonyl (C=O) groups is 1. The second-order valence-corrected chi connectivity index (χ2v) is 4.44. The molecular weight excluding hydrogens is 212 g/mol. The third kappa shape index (κ3) is 4.12. The molecule has 1 atom stereocenters. The Kier molecular flexibility index (Phi) is 4.83. The molecule has 0 saturated heterocycles. The third-order valence-electron chi connectivity index (χ3n) is 1.81. The molecule has 1 aromatic rings. The molecule has 4 nitrogen and oxygen atoms in total. The molecule has 0 saturated carbocycles. The number of amides is 2. The maximum absolute atomic E-state index is 11.7. The van der Waals surface area contributed by atoms with Gasteiger partial charge in [0.1, 0.15) is 0 Å². The summed E-state index contributed by atoms with van der Waals surface area (Å²) in [6.07, 6.45) is 0. The second-order valence-electron chi connectivity index (χ2n) is 2.87. The van der Waals surface area contributed by atoms with Gasteiger partial charge in [-0.1, -0.05) is 18.2 Å². The molecule has 0 bridgehead atoms. The number of rotatable bonds is 4. The minimum Gasteiger partial charge on any atom is -0.341 e. The van der Waals surface area contributed by atoms with Crippen molar-refractivity contribution in [1.29, 1.82) is 0 Å². The predicted molar refractivity (Wildman–Crippen MR) is 60.2 cm³/mol. The van der Waals surface area contributed by atoms with E-state index in [9.17, 15) is 9.00 Å². The second kappa shape index (κ2) is 6.19. The normalized spacial score (nSPS) is 11.8. The highest BCUT2D eigenvalue weighted by molar-refractivity contribution is 7.85. The van der Waals surface area contributed by atoms with Gasteiger partial charge in [0.05, 0.1) is 10.8 Å². The van der Waals surface area contributed by atoms with Crippen LogP contribution in [0.4, 0.5) is 4.79 Å². The fraction of sp³-hybridized carbons (Fsp3) is 0.300. The van der Waals surface area contributed by atoms with E-state index < -0.39 is 10.8 Å². The highest BCUT2D eigenvalue weighted by Crippen LogP contribution is 2.04. The highest BCUT2D eigenvalue weighted by Gasteiger charge is 2.03. The van der Waals surface area contributed by atoms with Crippen LogP contribution < -0.4 is 10.6 Å². The van der Waals surface area contributed by atoms with Crippen LogP contribution in [-0.4, -0.2) is 29.6 Å². The summed E-state index contributed by atoms with van der Waals surface area (Å²) in [6, 6.07) is 8.95. The van der Waals surface area contributed by atoms with Gasteiger partial charge in [0.15, 0.2) is 0 Å². The zero-order valence-electron chi connectivity index (χ0n) is 8.53. The molecule has 0 aliphatic rings. The van der Waals surface area contributed by atoms with Gasteiger partial charge in [-0.05, 0) is 12.1 Å². The Morgan fingerprint density at radius 1 is 1.33 bits per heavy atom. The van der Waals surface area contributed by atoms with Gasteiger partial charge in [-0.15, -0.1) is 0 Å². The molecule has 0 fully saturated rings. The highest BCUT2D eigenvalue weighted by atomic mass is 32.2. The minimum atomic E-state index is -1.04. The topological polar surface area (TPSA) is 58.2 Å². The van der Waals surface area contributed by atoms with E-state index in [0.29, 0.717) is 12.3 Å². The Bertz CT molecular complexity index is 341. The zero-order chi connectivity index (χ0) is 11.1. The molecule has 0 spiro atoms. The Morgan fingerprint density at radius 2 is 2.00 bits per heavy atom. The fourth-order valence-corrected chi connectivity index (χ4v) is 2.02. The lowest BCUT2D eigenvalue weighted by molar-refractivity contribution is 0.243. The number of urea groups is 1. The molecule has 1 unspecified atom stereocenters. The Labute approximate surface area is 91.5 Å². The van der Waals surface area contributed by atoms with Crippen LogP contribution in [0.2, 0.25) is 0 Å². The van der Waals surface area contributed by atoms with E-state index in [0.717, 1.165) is 4.90 Å². The van der Waals surface area contributed by atoms with E-state index in [1.807, 2.05) is 30.3 Å². The molecule has 0 radical (unpaired) electrons. The first-order chi connectivity index (χ1) is 7.24. The molecule has 2 amide bonds. The van der Waals surface area contributed by atoms with Gasteiger partial charge in [0.2, 0.25) is 0 Å². The summed E-state index contributed by atoms with van der Waals surface area (Å²) in [7, 11) is 0.501. The van der Waals surface area contributed by atoms with Crippen molar-refractivity contribution in [1.82, 2.24) is 10.6 Å². The van der Waals surface area contributed by atoms with E-state index in [1.165, 1.54) is 0 Å². The Hall–Kier alpha value is -1.36. The van der Waals surface area contributed by atoms with Crippen LogP contribution in [-0.2, 0) is 10.8 Å². The van der Waals surface area contributed by atoms with Crippen molar-refractivity contribution in [2.75, 3.05) is 19.3 Å². The molecule has 1 aromatic carbocycles. The molecule has 0 aromatic heterocycles. The minimum absolute atomic E-state index is 0.250. The van der Waals surface area contributed by atoms with Crippen molar-refractivity contribution >= 4 is 16.8 Å². The lowest BCUT2D eigenvalue weighted by Crippen LogP contribution is -2.35. The SMILES string of the molecule is CNC(=O)NCCS(=O)c1ccccc1. The number of benzene rings is 1. The van der Waals surface area contributed by atoms with Crippen LogP contribution in [0.1, 0.15) is 0 Å². The molecule has 5 heteroatoms. The van der Waals surface area contributed by atoms with Gasteiger partial charge in [-0.3, -0.25) is 4.21 Å². The van der Waals surface area contributed by atoms with E-state index in [-0.39, 0.29) is 6.03 Å². The van der Waals surface area contributed by atoms with E-state index in [1.54, 1.807) is 7.05 Å². The number of hydrogen-bond donors (Lipinski definition) is 2. The first-order valence-corrected chi connectivity index (χ1v) is 5.95. The molecule has 2 N–H and O–H groups in total. The summed E-state index contributed by atoms with van der Waals surface area (Å²) in [4.78, 5) is 11.6. The van der Waals surface area contributed by atoms with Gasteiger partial charge in [-0.2, -0.15) is 0 Å². The van der Waals surface area contributed by atoms with E-state index in [4.69, 9.17) is 0 Å². The van der Waals surface area contributed by atoms with E-state index in [2.05, 4.69) is 10.6 Å². The third-order valence-corrected chi connectivity index (χ3v) is 3.18. The van der Waals surface area contributed by atoms with Gasteiger partial charge in [0.25, 0.3) is 0 Å². The summed E-state index contributed by atoms with van der Waals surface area (Å²) in [5.74, 6) is 0.428. The van der Waals surface area contributed by atoms with Gasteiger partial charge >= 0.3 is 6.03 Å². The van der Waals surface area contributed by atoms with Crippen molar-refractivity contribution < 1.29 is 9.00 Å². The van der Waals surface area contributed by atoms with Crippen molar-refractivity contribution in [2.45, 2.75) is 4.90 Å². The molecular formula is C10H14N2O2S. The molecule has 0 aliphatic heterocycles. The number of carbonyl (C=O) groups excluding carboxylic acids is 1. The zero-order valence-corrected chi connectivity index (χ0v) is 9.34. The molecule has 0 heterocycles. The van der Waals surface area contributed by atoms with Crippen molar-refractivity contribution in [3.8, 4) is 0 Å². The lowest BCUT2D eigenvalue weighted by Gasteiger charge is -2.04. The lowest BCUT2D eigenvalue weighted by atomic mass is 10.4. The maximum Gasteiger partial charge on any atom is 0.314 e. The summed E-state index contributed by atoms with van der Waals surface area (Å²) in [5.41, 5.74) is 0. The van der Waals surface area contributed by atoms with Crippen LogP contribution in [0.5, 0.6) is 0 Å². The Balaban J connectivity index is 2.34. The first kappa shape index (κ1) is 11.7. The molecule has 15 heavy (non-hydrogen) atoms. The number of hydrogen-bond acceptors (Lipinski definition) is 2. The average Bonchev–Trinajstić information content (AvgIpc) is 2.29. The quantitative estimate of drug-likeness (QED) is 0.795. The van der Waals surface area contributed by atoms with Gasteiger partial charge in [0, 0.05) is 24.2 Å². The first-order valence-electron chi connectivity index (χ1n) is 4.63. The van der Waals surface area contributed by atoms with Crippen molar-refractivity contribution in [2.24, 2.45) is 0 Å². The van der Waals surface area contributed by atoms with Crippen LogP contribution in [0.3, 0.4) is 0 Å². The average molecular weight is 226 g/mol. The van der Waals surface area contributed by atoms with Crippen molar-refractivity contribution in [3.05, 3.63) is 30.3 Å². The van der Waals surface area contributed by atoms with Crippen LogP contribution in [0.25, 0.3) is 0 Å². The van der Waals surface area contributed by atoms with Crippen LogP contribution in [0.15, 0.2) is 35.2 Å². The van der Waals surface area contributed by atoms with Crippen LogP contribution in [0, 0.1) is 0 Å². The monoisotopic (exact) mass is 226 g/mol. The summed E-state index contributed by atoms with van der Waals surface area (Å²) in [6.45, 7) is 0.404. The predicted octanol–water partition coefficient (Wildman–Crippen LogP) is 0.723. The van der Waals surface area contributed by atoms with Gasteiger partial charge < -0.3 is 10.6 Å². The largest absolute Gasteiger partial charge is 0.341 e. The van der Waals surface area contributed by atoms with Crippen molar-refractivity contribution in [3.63, 3.8) is 0 Å². The van der Waals surface area contributed by atoms with Gasteiger partial charge in [-0.25, -0.2) is 4.79 Å².